The van der Waals surface area contributed by atoms with E-state index in [1.165, 1.54) is 23.8 Å². The van der Waals surface area contributed by atoms with Crippen LogP contribution in [0.15, 0.2) is 29.2 Å². The number of thiocarbonyl (C=S) groups is 1. The molecule has 1 aromatic carbocycles. The summed E-state index contributed by atoms with van der Waals surface area (Å²) < 4.78 is 15.9. The van der Waals surface area contributed by atoms with Crippen molar-refractivity contribution in [2.24, 2.45) is 0 Å². The van der Waals surface area contributed by atoms with Crippen LogP contribution in [0.25, 0.3) is 6.08 Å². The van der Waals surface area contributed by atoms with Crippen LogP contribution in [0, 0.1) is 0 Å². The van der Waals surface area contributed by atoms with Crippen LogP contribution in [0.1, 0.15) is 18.4 Å². The standard InChI is InChI=1S/C21H24N2O6S2/c1-27-19(25)3-2-8-23-20(26)17(31-21(23)30)13-15-4-6-16(7-5-15)29-14-18(24)22-9-11-28-12-10-22/h4-7,13H,2-3,8-12,14H2,1H3/b17-13+. The molecule has 31 heavy (non-hydrogen) atoms. The predicted octanol–water partition coefficient (Wildman–Crippen LogP) is 2.08. The van der Waals surface area contributed by atoms with Crippen molar-refractivity contribution in [2.75, 3.05) is 46.6 Å². The summed E-state index contributed by atoms with van der Waals surface area (Å²) >= 11 is 6.54. The number of amides is 2. The summed E-state index contributed by atoms with van der Waals surface area (Å²) in [6, 6.07) is 7.15. The summed E-state index contributed by atoms with van der Waals surface area (Å²) in [4.78, 5) is 39.8. The topological polar surface area (TPSA) is 85.4 Å². The van der Waals surface area contributed by atoms with Crippen molar-refractivity contribution in [2.45, 2.75) is 12.8 Å². The van der Waals surface area contributed by atoms with Gasteiger partial charge in [-0.1, -0.05) is 36.1 Å². The largest absolute Gasteiger partial charge is 0.484 e. The third-order valence-electron chi connectivity index (χ3n) is 4.77. The molecule has 0 unspecified atom stereocenters. The highest BCUT2D eigenvalue weighted by molar-refractivity contribution is 8.26. The van der Waals surface area contributed by atoms with Crippen LogP contribution in [0.4, 0.5) is 0 Å². The van der Waals surface area contributed by atoms with Crippen LogP contribution in [0.5, 0.6) is 5.75 Å². The van der Waals surface area contributed by atoms with E-state index in [4.69, 9.17) is 21.7 Å². The molecule has 3 rings (SSSR count). The van der Waals surface area contributed by atoms with Gasteiger partial charge in [-0.3, -0.25) is 19.3 Å². The van der Waals surface area contributed by atoms with Crippen molar-refractivity contribution < 1.29 is 28.6 Å². The van der Waals surface area contributed by atoms with Gasteiger partial charge in [-0.25, -0.2) is 0 Å². The molecule has 0 N–H and O–H groups in total. The zero-order valence-corrected chi connectivity index (χ0v) is 18.8. The van der Waals surface area contributed by atoms with Gasteiger partial charge in [-0.2, -0.15) is 0 Å². The first kappa shape index (κ1) is 23.2. The fourth-order valence-corrected chi connectivity index (χ4v) is 4.35. The number of ether oxygens (including phenoxy) is 3. The van der Waals surface area contributed by atoms with Crippen LogP contribution >= 0.6 is 24.0 Å². The number of methoxy groups -OCH3 is 1. The molecule has 0 bridgehead atoms. The molecular weight excluding hydrogens is 440 g/mol. The number of carbonyl (C=O) groups excluding carboxylic acids is 3. The van der Waals surface area contributed by atoms with Crippen molar-refractivity contribution in [3.05, 3.63) is 34.7 Å². The number of rotatable bonds is 8. The molecule has 2 aliphatic heterocycles. The van der Waals surface area contributed by atoms with Gasteiger partial charge >= 0.3 is 5.97 Å². The molecule has 0 spiro atoms. The van der Waals surface area contributed by atoms with Crippen molar-refractivity contribution in [3.63, 3.8) is 0 Å². The van der Waals surface area contributed by atoms with E-state index in [1.54, 1.807) is 23.1 Å². The molecule has 8 nitrogen and oxygen atoms in total. The normalized spacial score (nSPS) is 17.9. The fraction of sp³-hybridized carbons (Fsp3) is 0.429. The van der Waals surface area contributed by atoms with Gasteiger partial charge in [0.1, 0.15) is 10.1 Å². The molecule has 166 valence electrons. The highest BCUT2D eigenvalue weighted by Gasteiger charge is 2.31. The molecule has 10 heteroatoms. The number of carbonyl (C=O) groups is 3. The summed E-state index contributed by atoms with van der Waals surface area (Å²) in [6.07, 6.45) is 2.49. The Morgan fingerprint density at radius 1 is 1.23 bits per heavy atom. The Morgan fingerprint density at radius 3 is 2.61 bits per heavy atom. The first-order valence-corrected chi connectivity index (χ1v) is 11.1. The Kier molecular flexibility index (Phi) is 8.44. The molecule has 1 aromatic rings. The number of thioether (sulfide) groups is 1. The summed E-state index contributed by atoms with van der Waals surface area (Å²) in [5.74, 6) is 0.0311. The molecule has 0 atom stereocenters. The first-order valence-electron chi connectivity index (χ1n) is 9.88. The maximum absolute atomic E-state index is 12.6. The summed E-state index contributed by atoms with van der Waals surface area (Å²) in [7, 11) is 1.34. The number of benzene rings is 1. The highest BCUT2D eigenvalue weighted by atomic mass is 32.2. The minimum Gasteiger partial charge on any atom is -0.484 e. The van der Waals surface area contributed by atoms with Crippen molar-refractivity contribution in [1.82, 2.24) is 9.80 Å². The molecule has 2 aliphatic rings. The van der Waals surface area contributed by atoms with Gasteiger partial charge in [0.25, 0.3) is 11.8 Å². The molecule has 2 fully saturated rings. The van der Waals surface area contributed by atoms with Crippen LogP contribution in [-0.2, 0) is 23.9 Å². The Balaban J connectivity index is 1.52. The fourth-order valence-electron chi connectivity index (χ4n) is 3.04. The summed E-state index contributed by atoms with van der Waals surface area (Å²) in [5, 5.41) is 0. The van der Waals surface area contributed by atoms with Gasteiger partial charge in [-0.15, -0.1) is 0 Å². The van der Waals surface area contributed by atoms with E-state index in [2.05, 4.69) is 4.74 Å². The lowest BCUT2D eigenvalue weighted by Crippen LogP contribution is -2.42. The summed E-state index contributed by atoms with van der Waals surface area (Å²) in [5.41, 5.74) is 0.821. The monoisotopic (exact) mass is 464 g/mol. The van der Waals surface area contributed by atoms with Crippen molar-refractivity contribution >= 4 is 52.2 Å². The van der Waals surface area contributed by atoms with E-state index in [9.17, 15) is 14.4 Å². The third-order valence-corrected chi connectivity index (χ3v) is 6.15. The second kappa shape index (κ2) is 11.3. The van der Waals surface area contributed by atoms with Gasteiger partial charge in [0.05, 0.1) is 25.2 Å². The van der Waals surface area contributed by atoms with E-state index in [0.717, 1.165) is 5.56 Å². The number of esters is 1. The third kappa shape index (κ3) is 6.52. The minimum atomic E-state index is -0.310. The number of hydrogen-bond donors (Lipinski definition) is 0. The maximum atomic E-state index is 12.6. The van der Waals surface area contributed by atoms with Gasteiger partial charge in [0.15, 0.2) is 6.61 Å². The molecule has 0 saturated carbocycles. The zero-order chi connectivity index (χ0) is 22.2. The van der Waals surface area contributed by atoms with Crippen LogP contribution in [-0.4, -0.2) is 78.5 Å². The molecule has 0 aliphatic carbocycles. The van der Waals surface area contributed by atoms with E-state index in [0.29, 0.717) is 54.2 Å². The smallest absolute Gasteiger partial charge is 0.305 e. The average molecular weight is 465 g/mol. The Labute approximate surface area is 190 Å². The van der Waals surface area contributed by atoms with E-state index < -0.39 is 0 Å². The van der Waals surface area contributed by atoms with Gasteiger partial charge in [0, 0.05) is 26.1 Å². The number of hydrogen-bond acceptors (Lipinski definition) is 8. The number of morpholine rings is 1. The van der Waals surface area contributed by atoms with Crippen molar-refractivity contribution in [3.8, 4) is 5.75 Å². The Morgan fingerprint density at radius 2 is 1.94 bits per heavy atom. The van der Waals surface area contributed by atoms with Crippen LogP contribution in [0.3, 0.4) is 0 Å². The van der Waals surface area contributed by atoms with Crippen LogP contribution < -0.4 is 4.74 Å². The van der Waals surface area contributed by atoms with E-state index in [-0.39, 0.29) is 30.8 Å². The highest BCUT2D eigenvalue weighted by Crippen LogP contribution is 2.33. The van der Waals surface area contributed by atoms with E-state index >= 15 is 0 Å². The Hall–Kier alpha value is -2.43. The lowest BCUT2D eigenvalue weighted by atomic mass is 10.2. The second-order valence-electron chi connectivity index (χ2n) is 6.86. The average Bonchev–Trinajstić information content (AvgIpc) is 3.06. The molecule has 2 saturated heterocycles. The Bertz CT molecular complexity index is 865. The minimum absolute atomic E-state index is 0.0242. The van der Waals surface area contributed by atoms with Gasteiger partial charge < -0.3 is 19.1 Å². The molecular formula is C21H24N2O6S2. The quantitative estimate of drug-likeness (QED) is 0.328. The maximum Gasteiger partial charge on any atom is 0.305 e. The molecule has 2 amide bonds. The van der Waals surface area contributed by atoms with Crippen molar-refractivity contribution in [1.29, 1.82) is 0 Å². The predicted molar refractivity (Wildman–Crippen MR) is 120 cm³/mol. The lowest BCUT2D eigenvalue weighted by Gasteiger charge is -2.26. The van der Waals surface area contributed by atoms with Crippen LogP contribution in [0.2, 0.25) is 0 Å². The molecule has 0 radical (unpaired) electrons. The number of nitrogens with zero attached hydrogens (tertiary/aromatic N) is 2. The first-order chi connectivity index (χ1) is 15.0. The van der Waals surface area contributed by atoms with Gasteiger partial charge in [-0.05, 0) is 30.2 Å². The second-order valence-corrected chi connectivity index (χ2v) is 8.54. The zero-order valence-electron chi connectivity index (χ0n) is 17.2. The SMILES string of the molecule is COC(=O)CCCN1C(=O)/C(=C\c2ccc(OCC(=O)N3CCOCC3)cc2)SC1=S. The van der Waals surface area contributed by atoms with Gasteiger partial charge in [0.2, 0.25) is 0 Å². The molecule has 2 heterocycles. The summed E-state index contributed by atoms with van der Waals surface area (Å²) in [6.45, 7) is 2.63. The lowest BCUT2D eigenvalue weighted by molar-refractivity contribution is -0.141. The molecule has 0 aromatic heterocycles. The van der Waals surface area contributed by atoms with E-state index in [1.807, 2.05) is 12.1 Å².